The molecule has 0 N–H and O–H groups in total. The maximum Gasteiger partial charge on any atom is 0.156 e. The van der Waals surface area contributed by atoms with Crippen molar-refractivity contribution in [3.8, 4) is 0 Å². The highest BCUT2D eigenvalue weighted by molar-refractivity contribution is 9.10. The molecule has 3 nitrogen and oxygen atoms in total. The highest BCUT2D eigenvalue weighted by Gasteiger charge is 2.02. The topological polar surface area (TPSA) is 30.2 Å². The summed E-state index contributed by atoms with van der Waals surface area (Å²) in [7, 11) is 0. The predicted octanol–water partition coefficient (Wildman–Crippen LogP) is 2.11. The van der Waals surface area contributed by atoms with Crippen LogP contribution in [0.1, 0.15) is 11.3 Å². The Bertz CT molecular complexity index is 433. The fourth-order valence-corrected chi connectivity index (χ4v) is 1.72. The number of aryl methyl sites for hydroxylation is 2. The second-order valence-corrected chi connectivity index (χ2v) is 3.61. The maximum absolute atomic E-state index is 4.33. The Morgan fingerprint density at radius 3 is 2.92 bits per heavy atom. The number of imidazole rings is 1. The molecule has 2 aromatic rings. The summed E-state index contributed by atoms with van der Waals surface area (Å²) in [6.45, 7) is 3.98. The van der Waals surface area contributed by atoms with Crippen molar-refractivity contribution in [3.63, 3.8) is 0 Å². The van der Waals surface area contributed by atoms with Crippen LogP contribution in [0.15, 0.2) is 16.9 Å². The summed E-state index contributed by atoms with van der Waals surface area (Å²) >= 11 is 3.33. The molecule has 0 saturated carbocycles. The molecule has 0 radical (unpaired) electrons. The Morgan fingerprint density at radius 1 is 1.42 bits per heavy atom. The standard InChI is InChI=1S/C8H8BrN3/c1-5-3-7(9)11-12-4-6(2)10-8(5)12/h3-4H,1-2H3. The van der Waals surface area contributed by atoms with Gasteiger partial charge in [-0.3, -0.25) is 0 Å². The Balaban J connectivity index is 2.88. The van der Waals surface area contributed by atoms with Gasteiger partial charge in [0.25, 0.3) is 0 Å². The Kier molecular flexibility index (Phi) is 1.65. The summed E-state index contributed by atoms with van der Waals surface area (Å²) in [4.78, 5) is 4.33. The largest absolute Gasteiger partial charge is 0.232 e. The first kappa shape index (κ1) is 7.73. The van der Waals surface area contributed by atoms with Crippen molar-refractivity contribution in [1.82, 2.24) is 14.6 Å². The van der Waals surface area contributed by atoms with E-state index in [4.69, 9.17) is 0 Å². The van der Waals surface area contributed by atoms with Crippen molar-refractivity contribution in [2.75, 3.05) is 0 Å². The second-order valence-electron chi connectivity index (χ2n) is 2.80. The van der Waals surface area contributed by atoms with E-state index in [2.05, 4.69) is 26.0 Å². The van der Waals surface area contributed by atoms with Crippen LogP contribution in [-0.2, 0) is 0 Å². The molecule has 2 heterocycles. The number of rotatable bonds is 0. The molecule has 0 fully saturated rings. The van der Waals surface area contributed by atoms with Gasteiger partial charge in [-0.05, 0) is 41.4 Å². The SMILES string of the molecule is Cc1cn2nc(Br)cc(C)c2n1. The third-order valence-corrected chi connectivity index (χ3v) is 2.09. The van der Waals surface area contributed by atoms with E-state index in [0.29, 0.717) is 0 Å². The van der Waals surface area contributed by atoms with Gasteiger partial charge in [0.1, 0.15) is 4.60 Å². The van der Waals surface area contributed by atoms with Gasteiger partial charge < -0.3 is 0 Å². The van der Waals surface area contributed by atoms with E-state index in [-0.39, 0.29) is 0 Å². The van der Waals surface area contributed by atoms with E-state index in [9.17, 15) is 0 Å². The van der Waals surface area contributed by atoms with Crippen molar-refractivity contribution in [2.24, 2.45) is 0 Å². The minimum absolute atomic E-state index is 0.838. The summed E-state index contributed by atoms with van der Waals surface area (Å²) in [6.07, 6.45) is 1.91. The van der Waals surface area contributed by atoms with Crippen molar-refractivity contribution >= 4 is 21.6 Å². The summed E-state index contributed by atoms with van der Waals surface area (Å²) in [5, 5.41) is 4.23. The molecule has 4 heteroatoms. The Hall–Kier alpha value is -0.900. The van der Waals surface area contributed by atoms with Gasteiger partial charge in [0, 0.05) is 0 Å². The lowest BCUT2D eigenvalue weighted by Crippen LogP contribution is -1.92. The zero-order valence-electron chi connectivity index (χ0n) is 6.87. The number of nitrogens with zero attached hydrogens (tertiary/aromatic N) is 3. The van der Waals surface area contributed by atoms with Gasteiger partial charge in [-0.2, -0.15) is 5.10 Å². The molecule has 62 valence electrons. The molecule has 0 aliphatic heterocycles. The van der Waals surface area contributed by atoms with Crippen LogP contribution in [0.4, 0.5) is 0 Å². The Labute approximate surface area is 78.6 Å². The van der Waals surface area contributed by atoms with Gasteiger partial charge in [-0.1, -0.05) is 0 Å². The third-order valence-electron chi connectivity index (χ3n) is 1.70. The zero-order valence-corrected chi connectivity index (χ0v) is 8.46. The first-order valence-corrected chi connectivity index (χ1v) is 4.45. The summed E-state index contributed by atoms with van der Waals surface area (Å²) < 4.78 is 2.62. The van der Waals surface area contributed by atoms with E-state index in [0.717, 1.165) is 21.5 Å². The average Bonchev–Trinajstić information content (AvgIpc) is 2.29. The predicted molar refractivity (Wildman–Crippen MR) is 50.2 cm³/mol. The van der Waals surface area contributed by atoms with Gasteiger partial charge in [0.05, 0.1) is 11.9 Å². The van der Waals surface area contributed by atoms with Gasteiger partial charge in [-0.25, -0.2) is 9.50 Å². The normalized spacial score (nSPS) is 10.9. The molecule has 0 saturated heterocycles. The number of hydrogen-bond donors (Lipinski definition) is 0. The molecule has 0 unspecified atom stereocenters. The molecular formula is C8H8BrN3. The van der Waals surface area contributed by atoms with Gasteiger partial charge >= 0.3 is 0 Å². The smallest absolute Gasteiger partial charge is 0.156 e. The van der Waals surface area contributed by atoms with Crippen LogP contribution in [0.3, 0.4) is 0 Å². The highest BCUT2D eigenvalue weighted by Crippen LogP contribution is 2.13. The minimum Gasteiger partial charge on any atom is -0.232 e. The molecule has 0 atom stereocenters. The monoisotopic (exact) mass is 225 g/mol. The molecule has 0 bridgehead atoms. The molecule has 0 aliphatic rings. The van der Waals surface area contributed by atoms with Crippen molar-refractivity contribution in [2.45, 2.75) is 13.8 Å². The van der Waals surface area contributed by atoms with Crippen LogP contribution in [0.2, 0.25) is 0 Å². The van der Waals surface area contributed by atoms with Crippen LogP contribution in [0.25, 0.3) is 5.65 Å². The molecule has 0 aromatic carbocycles. The van der Waals surface area contributed by atoms with Crippen LogP contribution in [0, 0.1) is 13.8 Å². The summed E-state index contributed by atoms with van der Waals surface area (Å²) in [5.74, 6) is 0. The maximum atomic E-state index is 4.33. The van der Waals surface area contributed by atoms with E-state index >= 15 is 0 Å². The molecule has 0 amide bonds. The molecule has 2 aromatic heterocycles. The lowest BCUT2D eigenvalue weighted by molar-refractivity contribution is 0.907. The van der Waals surface area contributed by atoms with E-state index in [1.165, 1.54) is 0 Å². The van der Waals surface area contributed by atoms with Crippen LogP contribution in [0.5, 0.6) is 0 Å². The number of halogens is 1. The van der Waals surface area contributed by atoms with Gasteiger partial charge in [0.15, 0.2) is 5.65 Å². The van der Waals surface area contributed by atoms with Crippen molar-refractivity contribution < 1.29 is 0 Å². The number of aromatic nitrogens is 3. The minimum atomic E-state index is 0.838. The fourth-order valence-electron chi connectivity index (χ4n) is 1.21. The van der Waals surface area contributed by atoms with E-state index in [1.54, 1.807) is 4.52 Å². The van der Waals surface area contributed by atoms with Gasteiger partial charge in [-0.15, -0.1) is 0 Å². The zero-order chi connectivity index (χ0) is 8.72. The van der Waals surface area contributed by atoms with Gasteiger partial charge in [0.2, 0.25) is 0 Å². The first-order chi connectivity index (χ1) is 5.66. The van der Waals surface area contributed by atoms with Crippen LogP contribution < -0.4 is 0 Å². The lowest BCUT2D eigenvalue weighted by Gasteiger charge is -1.96. The fraction of sp³-hybridized carbons (Fsp3) is 0.250. The van der Waals surface area contributed by atoms with Crippen LogP contribution >= 0.6 is 15.9 Å². The summed E-state index contributed by atoms with van der Waals surface area (Å²) in [5.41, 5.74) is 3.05. The molecule has 12 heavy (non-hydrogen) atoms. The molecule has 0 aliphatic carbocycles. The molecule has 0 spiro atoms. The van der Waals surface area contributed by atoms with Crippen molar-refractivity contribution in [3.05, 3.63) is 28.1 Å². The van der Waals surface area contributed by atoms with Crippen molar-refractivity contribution in [1.29, 1.82) is 0 Å². The van der Waals surface area contributed by atoms with E-state index in [1.807, 2.05) is 26.1 Å². The average molecular weight is 226 g/mol. The number of fused-ring (bicyclic) bond motifs is 1. The highest BCUT2D eigenvalue weighted by atomic mass is 79.9. The quantitative estimate of drug-likeness (QED) is 0.688. The molecule has 2 rings (SSSR count). The third kappa shape index (κ3) is 1.12. The number of hydrogen-bond acceptors (Lipinski definition) is 2. The molecular weight excluding hydrogens is 218 g/mol. The first-order valence-electron chi connectivity index (χ1n) is 3.66. The lowest BCUT2D eigenvalue weighted by atomic mass is 10.3. The Morgan fingerprint density at radius 2 is 2.17 bits per heavy atom. The second kappa shape index (κ2) is 2.55. The van der Waals surface area contributed by atoms with E-state index < -0.39 is 0 Å². The summed E-state index contributed by atoms with van der Waals surface area (Å²) in [6, 6.07) is 1.96. The van der Waals surface area contributed by atoms with Crippen LogP contribution in [-0.4, -0.2) is 14.6 Å².